The first-order valence-electron chi connectivity index (χ1n) is 7.03. The van der Waals surface area contributed by atoms with Crippen LogP contribution in [-0.4, -0.2) is 20.7 Å². The van der Waals surface area contributed by atoms with Crippen LogP contribution in [0, 0.1) is 6.92 Å². The molecule has 22 heavy (non-hydrogen) atoms. The average molecular weight is 292 g/mol. The van der Waals surface area contributed by atoms with Crippen molar-refractivity contribution in [1.82, 2.24) is 20.1 Å². The molecule has 0 bridgehead atoms. The third-order valence-corrected chi connectivity index (χ3v) is 3.36. The van der Waals surface area contributed by atoms with Gasteiger partial charge in [-0.25, -0.2) is 4.68 Å². The number of carbonyl (C=O) groups is 1. The van der Waals surface area contributed by atoms with E-state index in [1.807, 2.05) is 48.0 Å². The highest BCUT2D eigenvalue weighted by Crippen LogP contribution is 2.11. The fourth-order valence-corrected chi connectivity index (χ4v) is 2.17. The van der Waals surface area contributed by atoms with E-state index < -0.39 is 0 Å². The maximum Gasteiger partial charge on any atom is 0.251 e. The molecule has 5 heteroatoms. The van der Waals surface area contributed by atoms with E-state index in [1.54, 1.807) is 24.5 Å². The molecule has 3 rings (SSSR count). The molecule has 2 heterocycles. The summed E-state index contributed by atoms with van der Waals surface area (Å²) in [5.74, 6) is -0.116. The summed E-state index contributed by atoms with van der Waals surface area (Å²) < 4.78 is 1.83. The van der Waals surface area contributed by atoms with Crippen LogP contribution in [0.15, 0.2) is 60.9 Å². The molecule has 0 atom stereocenters. The van der Waals surface area contributed by atoms with E-state index >= 15 is 0 Å². The lowest BCUT2D eigenvalue weighted by molar-refractivity contribution is 0.0950. The molecule has 0 saturated carbocycles. The molecule has 110 valence electrons. The number of hydrogen-bond donors (Lipinski definition) is 1. The van der Waals surface area contributed by atoms with Crippen LogP contribution < -0.4 is 5.32 Å². The SMILES string of the molecule is Cc1ccnn1-c1ccc(C(=O)NCc2ccccn2)cc1. The maximum absolute atomic E-state index is 12.1. The van der Waals surface area contributed by atoms with Crippen LogP contribution in [0.1, 0.15) is 21.7 Å². The van der Waals surface area contributed by atoms with Crippen molar-refractivity contribution in [3.8, 4) is 5.69 Å². The molecular formula is C17H16N4O. The van der Waals surface area contributed by atoms with Gasteiger partial charge >= 0.3 is 0 Å². The van der Waals surface area contributed by atoms with Crippen LogP contribution in [0.5, 0.6) is 0 Å². The van der Waals surface area contributed by atoms with E-state index in [0.29, 0.717) is 12.1 Å². The Hall–Kier alpha value is -2.95. The zero-order chi connectivity index (χ0) is 15.4. The Morgan fingerprint density at radius 3 is 2.55 bits per heavy atom. The predicted octanol–water partition coefficient (Wildman–Crippen LogP) is 2.51. The maximum atomic E-state index is 12.1. The van der Waals surface area contributed by atoms with Gasteiger partial charge in [-0.05, 0) is 49.4 Å². The van der Waals surface area contributed by atoms with Crippen molar-refractivity contribution >= 4 is 5.91 Å². The van der Waals surface area contributed by atoms with E-state index in [4.69, 9.17) is 0 Å². The first-order valence-corrected chi connectivity index (χ1v) is 7.03. The second kappa shape index (κ2) is 6.22. The lowest BCUT2D eigenvalue weighted by atomic mass is 10.2. The van der Waals surface area contributed by atoms with Gasteiger partial charge in [-0.15, -0.1) is 0 Å². The predicted molar refractivity (Wildman–Crippen MR) is 83.7 cm³/mol. The average Bonchev–Trinajstić information content (AvgIpc) is 3.00. The minimum atomic E-state index is -0.116. The first kappa shape index (κ1) is 14.0. The van der Waals surface area contributed by atoms with Gasteiger partial charge in [0.2, 0.25) is 0 Å². The molecule has 0 spiro atoms. The summed E-state index contributed by atoms with van der Waals surface area (Å²) in [6.07, 6.45) is 3.46. The number of aromatic nitrogens is 3. The van der Waals surface area contributed by atoms with Crippen LogP contribution in [0.25, 0.3) is 5.69 Å². The molecule has 0 saturated heterocycles. The summed E-state index contributed by atoms with van der Waals surface area (Å²) in [6, 6.07) is 14.9. The van der Waals surface area contributed by atoms with E-state index in [9.17, 15) is 4.79 Å². The van der Waals surface area contributed by atoms with Crippen LogP contribution in [0.4, 0.5) is 0 Å². The highest BCUT2D eigenvalue weighted by Gasteiger charge is 2.07. The Morgan fingerprint density at radius 1 is 1.09 bits per heavy atom. The molecule has 3 aromatic rings. The molecule has 5 nitrogen and oxygen atoms in total. The monoisotopic (exact) mass is 292 g/mol. The number of carbonyl (C=O) groups excluding carboxylic acids is 1. The quantitative estimate of drug-likeness (QED) is 0.803. The van der Waals surface area contributed by atoms with Gasteiger partial charge in [0.15, 0.2) is 0 Å². The Bertz CT molecular complexity index is 763. The van der Waals surface area contributed by atoms with Gasteiger partial charge in [0, 0.05) is 23.7 Å². The number of benzene rings is 1. The van der Waals surface area contributed by atoms with Gasteiger partial charge < -0.3 is 5.32 Å². The van der Waals surface area contributed by atoms with Crippen molar-refractivity contribution in [2.45, 2.75) is 13.5 Å². The summed E-state index contributed by atoms with van der Waals surface area (Å²) in [7, 11) is 0. The normalized spacial score (nSPS) is 10.4. The standard InChI is InChI=1S/C17H16N4O/c1-13-9-11-20-21(13)16-7-5-14(6-8-16)17(22)19-12-15-4-2-3-10-18-15/h2-11H,12H2,1H3,(H,19,22). The number of rotatable bonds is 4. The minimum Gasteiger partial charge on any atom is -0.346 e. The number of aryl methyl sites for hydroxylation is 1. The van der Waals surface area contributed by atoms with Crippen LogP contribution in [0.2, 0.25) is 0 Å². The van der Waals surface area contributed by atoms with Crippen LogP contribution >= 0.6 is 0 Å². The number of pyridine rings is 1. The highest BCUT2D eigenvalue weighted by atomic mass is 16.1. The number of amides is 1. The highest BCUT2D eigenvalue weighted by molar-refractivity contribution is 5.94. The summed E-state index contributed by atoms with van der Waals surface area (Å²) in [5, 5.41) is 7.10. The Morgan fingerprint density at radius 2 is 1.91 bits per heavy atom. The summed E-state index contributed by atoms with van der Waals surface area (Å²) in [4.78, 5) is 16.3. The molecule has 0 fully saturated rings. The fourth-order valence-electron chi connectivity index (χ4n) is 2.17. The molecular weight excluding hydrogens is 276 g/mol. The summed E-state index contributed by atoms with van der Waals surface area (Å²) in [5.41, 5.74) is 3.43. The second-order valence-electron chi connectivity index (χ2n) is 4.94. The number of nitrogens with zero attached hydrogens (tertiary/aromatic N) is 3. The van der Waals surface area contributed by atoms with Gasteiger partial charge in [-0.1, -0.05) is 6.07 Å². The van der Waals surface area contributed by atoms with Crippen molar-refractivity contribution in [2.24, 2.45) is 0 Å². The van der Waals surface area contributed by atoms with E-state index in [0.717, 1.165) is 17.1 Å². The molecule has 0 aliphatic heterocycles. The molecule has 0 aliphatic rings. The number of hydrogen-bond acceptors (Lipinski definition) is 3. The van der Waals surface area contributed by atoms with Gasteiger partial charge in [-0.2, -0.15) is 5.10 Å². The molecule has 0 aliphatic carbocycles. The topological polar surface area (TPSA) is 59.8 Å². The van der Waals surface area contributed by atoms with E-state index in [2.05, 4.69) is 15.4 Å². The van der Waals surface area contributed by atoms with Crippen LogP contribution in [-0.2, 0) is 6.54 Å². The van der Waals surface area contributed by atoms with Crippen molar-refractivity contribution < 1.29 is 4.79 Å². The Labute approximate surface area is 128 Å². The molecule has 0 radical (unpaired) electrons. The van der Waals surface area contributed by atoms with Gasteiger partial charge in [-0.3, -0.25) is 9.78 Å². The van der Waals surface area contributed by atoms with Gasteiger partial charge in [0.25, 0.3) is 5.91 Å². The number of nitrogens with one attached hydrogen (secondary N) is 1. The van der Waals surface area contributed by atoms with Crippen molar-refractivity contribution in [1.29, 1.82) is 0 Å². The summed E-state index contributed by atoms with van der Waals surface area (Å²) in [6.45, 7) is 2.40. The lowest BCUT2D eigenvalue weighted by Gasteiger charge is -2.07. The zero-order valence-corrected chi connectivity index (χ0v) is 12.2. The lowest BCUT2D eigenvalue weighted by Crippen LogP contribution is -2.23. The molecule has 0 unspecified atom stereocenters. The van der Waals surface area contributed by atoms with Crippen LogP contribution in [0.3, 0.4) is 0 Å². The smallest absolute Gasteiger partial charge is 0.251 e. The third-order valence-electron chi connectivity index (χ3n) is 3.36. The van der Waals surface area contributed by atoms with E-state index in [-0.39, 0.29) is 5.91 Å². The molecule has 2 aromatic heterocycles. The Balaban J connectivity index is 1.67. The van der Waals surface area contributed by atoms with Crippen molar-refractivity contribution in [3.05, 3.63) is 77.9 Å². The van der Waals surface area contributed by atoms with Gasteiger partial charge in [0.05, 0.1) is 17.9 Å². The second-order valence-corrected chi connectivity index (χ2v) is 4.94. The van der Waals surface area contributed by atoms with E-state index in [1.165, 1.54) is 0 Å². The zero-order valence-electron chi connectivity index (χ0n) is 12.2. The van der Waals surface area contributed by atoms with Crippen molar-refractivity contribution in [2.75, 3.05) is 0 Å². The van der Waals surface area contributed by atoms with Gasteiger partial charge in [0.1, 0.15) is 0 Å². The summed E-state index contributed by atoms with van der Waals surface area (Å²) >= 11 is 0. The third kappa shape index (κ3) is 3.03. The Kier molecular flexibility index (Phi) is 3.96. The first-order chi connectivity index (χ1) is 10.7. The van der Waals surface area contributed by atoms with Crippen molar-refractivity contribution in [3.63, 3.8) is 0 Å². The molecule has 1 N–H and O–H groups in total. The molecule has 1 aromatic carbocycles. The minimum absolute atomic E-state index is 0.116. The fraction of sp³-hybridized carbons (Fsp3) is 0.118. The molecule has 1 amide bonds. The largest absolute Gasteiger partial charge is 0.346 e.